The number of piperazine rings is 1. The molecule has 38 heavy (non-hydrogen) atoms. The number of nitrogens with zero attached hydrogens (tertiary/aromatic N) is 2. The molecule has 0 aromatic heterocycles. The first kappa shape index (κ1) is 28.5. The van der Waals surface area contributed by atoms with Crippen molar-refractivity contribution in [1.82, 2.24) is 15.1 Å². The van der Waals surface area contributed by atoms with Gasteiger partial charge in [-0.15, -0.1) is 0 Å². The summed E-state index contributed by atoms with van der Waals surface area (Å²) in [6, 6.07) is 3.37. The number of hydrogen-bond acceptors (Lipinski definition) is 6. The summed E-state index contributed by atoms with van der Waals surface area (Å²) >= 11 is 0. The van der Waals surface area contributed by atoms with Crippen LogP contribution in [0.2, 0.25) is 0 Å². The Balaban J connectivity index is 1.48. The molecule has 212 valence electrons. The van der Waals surface area contributed by atoms with Crippen LogP contribution in [0.3, 0.4) is 0 Å². The summed E-state index contributed by atoms with van der Waals surface area (Å²) in [7, 11) is 4.93. The summed E-state index contributed by atoms with van der Waals surface area (Å²) < 4.78 is 16.7. The van der Waals surface area contributed by atoms with Crippen LogP contribution in [0.1, 0.15) is 83.1 Å². The molecule has 1 saturated carbocycles. The van der Waals surface area contributed by atoms with E-state index in [0.29, 0.717) is 37.6 Å². The van der Waals surface area contributed by atoms with Crippen molar-refractivity contribution < 1.29 is 23.8 Å². The normalized spacial score (nSPS) is 22.7. The number of likely N-dealkylation sites (tertiary alicyclic amines) is 1. The highest BCUT2D eigenvalue weighted by molar-refractivity contribution is 6.00. The molecule has 2 aliphatic heterocycles. The molecule has 1 aromatic rings. The highest BCUT2D eigenvalue weighted by Gasteiger charge is 2.53. The molecule has 3 aliphatic rings. The number of carbonyl (C=O) groups is 2. The van der Waals surface area contributed by atoms with Gasteiger partial charge in [0.2, 0.25) is 11.8 Å². The third-order valence-corrected chi connectivity index (χ3v) is 8.97. The van der Waals surface area contributed by atoms with E-state index >= 15 is 0 Å². The number of nitrogens with one attached hydrogen (secondary N) is 1. The fourth-order valence-electron chi connectivity index (χ4n) is 6.64. The molecule has 3 fully saturated rings. The van der Waals surface area contributed by atoms with Gasteiger partial charge in [-0.1, -0.05) is 51.9 Å². The predicted molar refractivity (Wildman–Crippen MR) is 148 cm³/mol. The van der Waals surface area contributed by atoms with Gasteiger partial charge in [0.05, 0.1) is 26.9 Å². The van der Waals surface area contributed by atoms with E-state index in [1.807, 2.05) is 17.0 Å². The summed E-state index contributed by atoms with van der Waals surface area (Å²) in [5, 5.41) is 3.21. The van der Waals surface area contributed by atoms with Gasteiger partial charge in [-0.3, -0.25) is 14.5 Å². The second-order valence-electron chi connectivity index (χ2n) is 11.3. The van der Waals surface area contributed by atoms with Crippen LogP contribution in [-0.4, -0.2) is 74.2 Å². The average Bonchev–Trinajstić information content (AvgIpc) is 3.21. The molecule has 1 unspecified atom stereocenters. The van der Waals surface area contributed by atoms with Crippen LogP contribution in [0.4, 0.5) is 0 Å². The van der Waals surface area contributed by atoms with Crippen molar-refractivity contribution in [3.05, 3.63) is 17.7 Å². The topological polar surface area (TPSA) is 80.3 Å². The summed E-state index contributed by atoms with van der Waals surface area (Å²) in [6.45, 7) is 4.87. The van der Waals surface area contributed by atoms with Crippen molar-refractivity contribution in [2.24, 2.45) is 5.92 Å². The van der Waals surface area contributed by atoms with E-state index in [1.54, 1.807) is 21.3 Å². The molecule has 2 saturated heterocycles. The van der Waals surface area contributed by atoms with E-state index in [2.05, 4.69) is 17.1 Å². The number of unbranched alkanes of at least 4 members (excludes halogenated alkanes) is 1. The standard InChI is InChI=1S/C30H47N3O5/c1-5-6-15-33-28(34)25(18-22-11-9-7-8-10-12-22)31-29(35)30(33)13-16-32(17-14-30)21-24-26(37-3)19-23(36-2)20-27(24)38-4/h19-20,22,25H,5-18,21H2,1-4H3,(H,31,35). The predicted octanol–water partition coefficient (Wildman–Crippen LogP) is 4.53. The maximum atomic E-state index is 13.9. The van der Waals surface area contributed by atoms with Crippen LogP contribution in [0.5, 0.6) is 17.2 Å². The molecule has 1 spiro atoms. The van der Waals surface area contributed by atoms with Crippen molar-refractivity contribution in [3.8, 4) is 17.2 Å². The van der Waals surface area contributed by atoms with E-state index in [9.17, 15) is 9.59 Å². The fraction of sp³-hybridized carbons (Fsp3) is 0.733. The van der Waals surface area contributed by atoms with Gasteiger partial charge < -0.3 is 24.4 Å². The first-order valence-corrected chi connectivity index (χ1v) is 14.6. The quantitative estimate of drug-likeness (QED) is 0.449. The Hall–Kier alpha value is -2.48. The zero-order chi connectivity index (χ0) is 27.1. The van der Waals surface area contributed by atoms with Gasteiger partial charge in [0.1, 0.15) is 28.8 Å². The Morgan fingerprint density at radius 2 is 1.58 bits per heavy atom. The molecule has 4 rings (SSSR count). The molecule has 0 radical (unpaired) electrons. The number of piperidine rings is 1. The number of amides is 2. The van der Waals surface area contributed by atoms with Gasteiger partial charge in [0, 0.05) is 38.3 Å². The zero-order valence-electron chi connectivity index (χ0n) is 23.9. The third-order valence-electron chi connectivity index (χ3n) is 8.97. The lowest BCUT2D eigenvalue weighted by Crippen LogP contribution is -2.73. The molecule has 2 heterocycles. The van der Waals surface area contributed by atoms with Crippen LogP contribution < -0.4 is 19.5 Å². The molecule has 2 amide bonds. The lowest BCUT2D eigenvalue weighted by molar-refractivity contribution is -0.162. The van der Waals surface area contributed by atoms with E-state index in [0.717, 1.165) is 49.4 Å². The van der Waals surface area contributed by atoms with Crippen LogP contribution in [0.25, 0.3) is 0 Å². The van der Waals surface area contributed by atoms with Gasteiger partial charge in [0.15, 0.2) is 0 Å². The molecule has 0 bridgehead atoms. The molecule has 1 aromatic carbocycles. The summed E-state index contributed by atoms with van der Waals surface area (Å²) in [5.41, 5.74) is 0.207. The van der Waals surface area contributed by atoms with Gasteiger partial charge >= 0.3 is 0 Å². The molecular formula is C30H47N3O5. The van der Waals surface area contributed by atoms with Crippen LogP contribution >= 0.6 is 0 Å². The van der Waals surface area contributed by atoms with E-state index in [-0.39, 0.29) is 17.9 Å². The van der Waals surface area contributed by atoms with Crippen molar-refractivity contribution in [2.75, 3.05) is 41.0 Å². The van der Waals surface area contributed by atoms with Gasteiger partial charge in [-0.05, 0) is 31.6 Å². The molecule has 1 atom stereocenters. The first-order valence-electron chi connectivity index (χ1n) is 14.6. The highest BCUT2D eigenvalue weighted by atomic mass is 16.5. The zero-order valence-corrected chi connectivity index (χ0v) is 23.9. The first-order chi connectivity index (χ1) is 18.4. The fourth-order valence-corrected chi connectivity index (χ4v) is 6.64. The highest BCUT2D eigenvalue weighted by Crippen LogP contribution is 2.39. The number of hydrogen-bond donors (Lipinski definition) is 1. The number of ether oxygens (including phenoxy) is 3. The lowest BCUT2D eigenvalue weighted by atomic mass is 9.80. The molecule has 1 N–H and O–H groups in total. The maximum Gasteiger partial charge on any atom is 0.246 e. The number of methoxy groups -OCH3 is 3. The van der Waals surface area contributed by atoms with Crippen molar-refractivity contribution in [3.63, 3.8) is 0 Å². The minimum Gasteiger partial charge on any atom is -0.496 e. The Morgan fingerprint density at radius 1 is 0.947 bits per heavy atom. The van der Waals surface area contributed by atoms with Crippen LogP contribution in [-0.2, 0) is 16.1 Å². The summed E-state index contributed by atoms with van der Waals surface area (Å²) in [5.74, 6) is 2.84. The van der Waals surface area contributed by atoms with E-state index in [4.69, 9.17) is 14.2 Å². The monoisotopic (exact) mass is 529 g/mol. The third kappa shape index (κ3) is 6.05. The SMILES string of the molecule is CCCCN1C(=O)C(CC2CCCCCC2)NC(=O)C12CCN(Cc1c(OC)cc(OC)cc1OC)CC2. The molecule has 1 aliphatic carbocycles. The Morgan fingerprint density at radius 3 is 2.13 bits per heavy atom. The van der Waals surface area contributed by atoms with Crippen molar-refractivity contribution in [1.29, 1.82) is 0 Å². The van der Waals surface area contributed by atoms with Crippen LogP contribution in [0, 0.1) is 5.92 Å². The van der Waals surface area contributed by atoms with Gasteiger partial charge in [-0.2, -0.15) is 0 Å². The Labute approximate surface area is 228 Å². The summed E-state index contributed by atoms with van der Waals surface area (Å²) in [6.07, 6.45) is 11.4. The van der Waals surface area contributed by atoms with Gasteiger partial charge in [0.25, 0.3) is 0 Å². The minimum absolute atomic E-state index is 0.0473. The molecular weight excluding hydrogens is 482 g/mol. The largest absolute Gasteiger partial charge is 0.496 e. The molecule has 8 heteroatoms. The van der Waals surface area contributed by atoms with Crippen molar-refractivity contribution in [2.45, 2.75) is 95.7 Å². The number of carbonyl (C=O) groups excluding carboxylic acids is 2. The van der Waals surface area contributed by atoms with E-state index < -0.39 is 5.54 Å². The average molecular weight is 530 g/mol. The Bertz CT molecular complexity index is 926. The maximum absolute atomic E-state index is 13.9. The number of benzene rings is 1. The van der Waals surface area contributed by atoms with Gasteiger partial charge in [-0.25, -0.2) is 0 Å². The number of rotatable bonds is 10. The second-order valence-corrected chi connectivity index (χ2v) is 11.3. The van der Waals surface area contributed by atoms with E-state index in [1.165, 1.54) is 38.5 Å². The Kier molecular flexibility index (Phi) is 9.80. The van der Waals surface area contributed by atoms with Crippen LogP contribution in [0.15, 0.2) is 12.1 Å². The smallest absolute Gasteiger partial charge is 0.246 e. The second kappa shape index (κ2) is 13.0. The lowest BCUT2D eigenvalue weighted by Gasteiger charge is -2.52. The summed E-state index contributed by atoms with van der Waals surface area (Å²) in [4.78, 5) is 31.9. The molecule has 8 nitrogen and oxygen atoms in total. The minimum atomic E-state index is -0.753. The van der Waals surface area contributed by atoms with Crippen molar-refractivity contribution >= 4 is 11.8 Å².